The summed E-state index contributed by atoms with van der Waals surface area (Å²) >= 11 is 5.84. The smallest absolute Gasteiger partial charge is 0.0263 e. The minimum atomic E-state index is 0.456. The SMILES string of the molecule is CC(C)c1ccc(CNC(C)C(C)CCl)cc1. The van der Waals surface area contributed by atoms with Gasteiger partial charge in [0.05, 0.1) is 0 Å². The van der Waals surface area contributed by atoms with Gasteiger partial charge in [-0.1, -0.05) is 45.0 Å². The zero-order chi connectivity index (χ0) is 12.8. The average Bonchev–Trinajstić information content (AvgIpc) is 2.35. The van der Waals surface area contributed by atoms with Crippen molar-refractivity contribution in [3.05, 3.63) is 35.4 Å². The maximum atomic E-state index is 5.84. The first-order valence-corrected chi connectivity index (χ1v) is 6.96. The highest BCUT2D eigenvalue weighted by atomic mass is 35.5. The highest BCUT2D eigenvalue weighted by Crippen LogP contribution is 2.15. The molecule has 1 aromatic rings. The van der Waals surface area contributed by atoms with E-state index in [0.717, 1.165) is 6.54 Å². The molecule has 0 aliphatic rings. The van der Waals surface area contributed by atoms with Gasteiger partial charge in [-0.15, -0.1) is 11.6 Å². The first-order chi connectivity index (χ1) is 8.04. The normalized spacial score (nSPS) is 14.9. The van der Waals surface area contributed by atoms with Crippen LogP contribution >= 0.6 is 11.6 Å². The van der Waals surface area contributed by atoms with Gasteiger partial charge in [-0.25, -0.2) is 0 Å². The van der Waals surface area contributed by atoms with Crippen molar-refractivity contribution in [2.45, 2.75) is 46.2 Å². The standard InChI is InChI=1S/C15H24ClN/c1-11(2)15-7-5-14(6-8-15)10-17-13(4)12(3)9-16/h5-8,11-13,17H,9-10H2,1-4H3. The lowest BCUT2D eigenvalue weighted by Crippen LogP contribution is -2.32. The average molecular weight is 254 g/mol. The van der Waals surface area contributed by atoms with Crippen molar-refractivity contribution in [1.29, 1.82) is 0 Å². The molecule has 1 rings (SSSR count). The van der Waals surface area contributed by atoms with Crippen molar-refractivity contribution in [2.24, 2.45) is 5.92 Å². The lowest BCUT2D eigenvalue weighted by atomic mass is 10.0. The van der Waals surface area contributed by atoms with Crippen molar-refractivity contribution in [2.75, 3.05) is 5.88 Å². The number of alkyl halides is 1. The molecule has 0 radical (unpaired) electrons. The third-order valence-electron chi connectivity index (χ3n) is 3.37. The maximum Gasteiger partial charge on any atom is 0.0263 e. The summed E-state index contributed by atoms with van der Waals surface area (Å²) in [7, 11) is 0. The molecule has 0 aromatic heterocycles. The molecular formula is C15H24ClN. The largest absolute Gasteiger partial charge is 0.310 e. The minimum absolute atomic E-state index is 0.456. The fraction of sp³-hybridized carbons (Fsp3) is 0.600. The van der Waals surface area contributed by atoms with Gasteiger partial charge >= 0.3 is 0 Å². The molecule has 0 saturated carbocycles. The molecule has 0 heterocycles. The Balaban J connectivity index is 2.47. The summed E-state index contributed by atoms with van der Waals surface area (Å²) in [5, 5.41) is 3.51. The van der Waals surface area contributed by atoms with Gasteiger partial charge in [-0.05, 0) is 29.9 Å². The zero-order valence-corrected chi connectivity index (χ0v) is 12.1. The summed E-state index contributed by atoms with van der Waals surface area (Å²) in [6.45, 7) is 9.72. The summed E-state index contributed by atoms with van der Waals surface area (Å²) in [6.07, 6.45) is 0. The number of benzene rings is 1. The van der Waals surface area contributed by atoms with Crippen LogP contribution in [0.2, 0.25) is 0 Å². The lowest BCUT2D eigenvalue weighted by Gasteiger charge is -2.19. The molecule has 1 N–H and O–H groups in total. The summed E-state index contributed by atoms with van der Waals surface area (Å²) in [5.41, 5.74) is 2.74. The Bertz CT molecular complexity index is 318. The van der Waals surface area contributed by atoms with E-state index in [4.69, 9.17) is 11.6 Å². The number of rotatable bonds is 6. The second kappa shape index (κ2) is 7.03. The van der Waals surface area contributed by atoms with Gasteiger partial charge in [0.2, 0.25) is 0 Å². The van der Waals surface area contributed by atoms with Crippen LogP contribution in [0.25, 0.3) is 0 Å². The predicted octanol–water partition coefficient (Wildman–Crippen LogP) is 4.16. The van der Waals surface area contributed by atoms with E-state index in [2.05, 4.69) is 57.3 Å². The van der Waals surface area contributed by atoms with Gasteiger partial charge < -0.3 is 5.32 Å². The van der Waals surface area contributed by atoms with Crippen LogP contribution in [0.5, 0.6) is 0 Å². The van der Waals surface area contributed by atoms with Crippen molar-refractivity contribution in [3.63, 3.8) is 0 Å². The molecule has 0 aliphatic carbocycles. The highest BCUT2D eigenvalue weighted by molar-refractivity contribution is 6.18. The minimum Gasteiger partial charge on any atom is -0.310 e. The Morgan fingerprint density at radius 3 is 2.12 bits per heavy atom. The second-order valence-electron chi connectivity index (χ2n) is 5.20. The van der Waals surface area contributed by atoms with Crippen LogP contribution in [0.3, 0.4) is 0 Å². The van der Waals surface area contributed by atoms with E-state index in [1.54, 1.807) is 0 Å². The summed E-state index contributed by atoms with van der Waals surface area (Å²) in [6, 6.07) is 9.31. The Hall–Kier alpha value is -0.530. The first-order valence-electron chi connectivity index (χ1n) is 6.42. The summed E-state index contributed by atoms with van der Waals surface area (Å²) in [5.74, 6) is 1.82. The molecular weight excluding hydrogens is 230 g/mol. The fourth-order valence-corrected chi connectivity index (χ4v) is 1.90. The summed E-state index contributed by atoms with van der Waals surface area (Å²) < 4.78 is 0. The number of halogens is 1. The van der Waals surface area contributed by atoms with Gasteiger partial charge in [-0.2, -0.15) is 0 Å². The van der Waals surface area contributed by atoms with Gasteiger partial charge in [0.15, 0.2) is 0 Å². The van der Waals surface area contributed by atoms with Crippen LogP contribution < -0.4 is 5.32 Å². The molecule has 2 atom stereocenters. The molecule has 0 spiro atoms. The first kappa shape index (κ1) is 14.5. The van der Waals surface area contributed by atoms with E-state index in [1.807, 2.05) is 0 Å². The fourth-order valence-electron chi connectivity index (χ4n) is 1.63. The Morgan fingerprint density at radius 2 is 1.65 bits per heavy atom. The third-order valence-corrected chi connectivity index (χ3v) is 3.86. The van der Waals surface area contributed by atoms with E-state index in [1.165, 1.54) is 11.1 Å². The summed E-state index contributed by atoms with van der Waals surface area (Å²) in [4.78, 5) is 0. The van der Waals surface area contributed by atoms with Gasteiger partial charge in [0, 0.05) is 18.5 Å². The quantitative estimate of drug-likeness (QED) is 0.751. The molecule has 96 valence electrons. The molecule has 0 amide bonds. The number of nitrogens with one attached hydrogen (secondary N) is 1. The number of hydrogen-bond donors (Lipinski definition) is 1. The molecule has 17 heavy (non-hydrogen) atoms. The van der Waals surface area contributed by atoms with Crippen LogP contribution in [0.4, 0.5) is 0 Å². The van der Waals surface area contributed by atoms with E-state index in [9.17, 15) is 0 Å². The lowest BCUT2D eigenvalue weighted by molar-refractivity contribution is 0.430. The van der Waals surface area contributed by atoms with E-state index >= 15 is 0 Å². The molecule has 2 heteroatoms. The van der Waals surface area contributed by atoms with Crippen LogP contribution in [0.1, 0.15) is 44.7 Å². The van der Waals surface area contributed by atoms with Crippen molar-refractivity contribution in [3.8, 4) is 0 Å². The van der Waals surface area contributed by atoms with Crippen LogP contribution in [0, 0.1) is 5.92 Å². The Kier molecular flexibility index (Phi) is 6.01. The number of hydrogen-bond acceptors (Lipinski definition) is 1. The van der Waals surface area contributed by atoms with Crippen LogP contribution in [-0.4, -0.2) is 11.9 Å². The van der Waals surface area contributed by atoms with Crippen LogP contribution in [-0.2, 0) is 6.54 Å². The highest BCUT2D eigenvalue weighted by Gasteiger charge is 2.09. The predicted molar refractivity (Wildman–Crippen MR) is 76.7 cm³/mol. The monoisotopic (exact) mass is 253 g/mol. The van der Waals surface area contributed by atoms with E-state index in [0.29, 0.717) is 23.8 Å². The van der Waals surface area contributed by atoms with Gasteiger partial charge in [-0.3, -0.25) is 0 Å². The van der Waals surface area contributed by atoms with E-state index in [-0.39, 0.29) is 0 Å². The molecule has 1 nitrogen and oxygen atoms in total. The van der Waals surface area contributed by atoms with Crippen molar-refractivity contribution < 1.29 is 0 Å². The Labute approximate surface area is 111 Å². The molecule has 0 fully saturated rings. The Morgan fingerprint density at radius 1 is 1.06 bits per heavy atom. The van der Waals surface area contributed by atoms with E-state index < -0.39 is 0 Å². The third kappa shape index (κ3) is 4.69. The van der Waals surface area contributed by atoms with Gasteiger partial charge in [0.1, 0.15) is 0 Å². The molecule has 1 aromatic carbocycles. The molecule has 2 unspecified atom stereocenters. The molecule has 0 aliphatic heterocycles. The zero-order valence-electron chi connectivity index (χ0n) is 11.3. The second-order valence-corrected chi connectivity index (χ2v) is 5.51. The molecule has 0 saturated heterocycles. The topological polar surface area (TPSA) is 12.0 Å². The van der Waals surface area contributed by atoms with Gasteiger partial charge in [0.25, 0.3) is 0 Å². The molecule has 0 bridgehead atoms. The van der Waals surface area contributed by atoms with Crippen molar-refractivity contribution in [1.82, 2.24) is 5.32 Å². The maximum absolute atomic E-state index is 5.84. The van der Waals surface area contributed by atoms with Crippen molar-refractivity contribution >= 4 is 11.6 Å². The van der Waals surface area contributed by atoms with Crippen LogP contribution in [0.15, 0.2) is 24.3 Å².